The largest absolute Gasteiger partial charge is 0.493 e. The minimum absolute atomic E-state index is 0.242. The number of carbonyl (C=O) groups is 1. The van der Waals surface area contributed by atoms with Gasteiger partial charge in [0.2, 0.25) is 0 Å². The predicted octanol–water partition coefficient (Wildman–Crippen LogP) is 2.54. The van der Waals surface area contributed by atoms with E-state index in [4.69, 9.17) is 9.47 Å². The normalized spacial score (nSPS) is 10.3. The van der Waals surface area contributed by atoms with Gasteiger partial charge in [-0.3, -0.25) is 9.78 Å². The lowest BCUT2D eigenvalue weighted by molar-refractivity contribution is 0.0948. The molecule has 1 aromatic heterocycles. The lowest BCUT2D eigenvalue weighted by Crippen LogP contribution is -2.26. The third-order valence-corrected chi connectivity index (χ3v) is 3.98. The van der Waals surface area contributed by atoms with Crippen LogP contribution in [0.2, 0.25) is 0 Å². The van der Waals surface area contributed by atoms with Crippen LogP contribution in [0.3, 0.4) is 0 Å². The molecular formula is C16H18BrN3O3. The molecule has 2 rings (SSSR count). The highest BCUT2D eigenvalue weighted by atomic mass is 79.9. The first-order chi connectivity index (χ1) is 11.0. The average molecular weight is 380 g/mol. The number of methoxy groups -OCH3 is 2. The van der Waals surface area contributed by atoms with Crippen LogP contribution in [-0.2, 0) is 6.42 Å². The van der Waals surface area contributed by atoms with Crippen molar-refractivity contribution in [3.05, 3.63) is 46.0 Å². The summed E-state index contributed by atoms with van der Waals surface area (Å²) in [5.41, 5.74) is 2.09. The summed E-state index contributed by atoms with van der Waals surface area (Å²) in [5, 5.41) is 2.83. The Bertz CT molecular complexity index is 690. The van der Waals surface area contributed by atoms with Crippen LogP contribution in [0.15, 0.2) is 29.0 Å². The van der Waals surface area contributed by atoms with Gasteiger partial charge in [-0.05, 0) is 31.0 Å². The summed E-state index contributed by atoms with van der Waals surface area (Å²) in [6.07, 6.45) is 3.68. The van der Waals surface area contributed by atoms with Gasteiger partial charge in [-0.2, -0.15) is 0 Å². The second kappa shape index (κ2) is 7.92. The minimum Gasteiger partial charge on any atom is -0.493 e. The van der Waals surface area contributed by atoms with Crippen molar-refractivity contribution in [1.82, 2.24) is 15.3 Å². The van der Waals surface area contributed by atoms with Gasteiger partial charge in [0.15, 0.2) is 11.5 Å². The summed E-state index contributed by atoms with van der Waals surface area (Å²) >= 11 is 3.50. The Hall–Kier alpha value is -2.15. The molecule has 0 unspecified atom stereocenters. The van der Waals surface area contributed by atoms with E-state index in [1.54, 1.807) is 20.4 Å². The number of carbonyl (C=O) groups excluding carboxylic acids is 1. The smallest absolute Gasteiger partial charge is 0.271 e. The van der Waals surface area contributed by atoms with Gasteiger partial charge in [-0.15, -0.1) is 0 Å². The Labute approximate surface area is 143 Å². The fourth-order valence-corrected chi connectivity index (χ4v) is 2.52. The van der Waals surface area contributed by atoms with Crippen molar-refractivity contribution in [2.75, 3.05) is 20.8 Å². The molecule has 0 aliphatic carbocycles. The highest BCUT2D eigenvalue weighted by Gasteiger charge is 2.11. The van der Waals surface area contributed by atoms with E-state index in [2.05, 4.69) is 31.2 Å². The number of hydrogen-bond donors (Lipinski definition) is 1. The molecule has 1 heterocycles. The van der Waals surface area contributed by atoms with E-state index >= 15 is 0 Å². The van der Waals surface area contributed by atoms with Crippen molar-refractivity contribution in [1.29, 1.82) is 0 Å². The van der Waals surface area contributed by atoms with Crippen LogP contribution in [0.25, 0.3) is 0 Å². The fraction of sp³-hybridized carbons (Fsp3) is 0.312. The van der Waals surface area contributed by atoms with E-state index in [1.807, 2.05) is 19.1 Å². The van der Waals surface area contributed by atoms with Crippen LogP contribution in [0.4, 0.5) is 0 Å². The lowest BCUT2D eigenvalue weighted by Gasteiger charge is -2.12. The Morgan fingerprint density at radius 3 is 2.48 bits per heavy atom. The molecule has 1 amide bonds. The van der Waals surface area contributed by atoms with E-state index in [0.29, 0.717) is 30.2 Å². The monoisotopic (exact) mass is 379 g/mol. The third-order valence-electron chi connectivity index (χ3n) is 3.25. The second-order valence-electron chi connectivity index (χ2n) is 4.85. The van der Waals surface area contributed by atoms with Crippen LogP contribution >= 0.6 is 15.9 Å². The summed E-state index contributed by atoms with van der Waals surface area (Å²) in [6.45, 7) is 2.30. The average Bonchev–Trinajstić information content (AvgIpc) is 2.56. The highest BCUT2D eigenvalue weighted by molar-refractivity contribution is 9.10. The minimum atomic E-state index is -0.242. The zero-order valence-electron chi connectivity index (χ0n) is 13.2. The summed E-state index contributed by atoms with van der Waals surface area (Å²) in [7, 11) is 3.18. The molecule has 0 bridgehead atoms. The third kappa shape index (κ3) is 4.41. The number of nitrogens with zero attached hydrogens (tertiary/aromatic N) is 2. The van der Waals surface area contributed by atoms with Gasteiger partial charge in [-0.1, -0.05) is 15.9 Å². The van der Waals surface area contributed by atoms with Crippen LogP contribution in [0.5, 0.6) is 11.5 Å². The van der Waals surface area contributed by atoms with Gasteiger partial charge < -0.3 is 14.8 Å². The van der Waals surface area contributed by atoms with Gasteiger partial charge in [0.25, 0.3) is 5.91 Å². The number of aryl methyl sites for hydroxylation is 1. The molecule has 0 saturated heterocycles. The molecule has 0 radical (unpaired) electrons. The van der Waals surface area contributed by atoms with Crippen LogP contribution in [0, 0.1) is 6.92 Å². The summed E-state index contributed by atoms with van der Waals surface area (Å²) in [6, 6.07) is 3.74. The number of ether oxygens (including phenoxy) is 2. The number of benzene rings is 1. The van der Waals surface area contributed by atoms with E-state index in [0.717, 1.165) is 15.7 Å². The number of hydrogen-bond acceptors (Lipinski definition) is 5. The zero-order chi connectivity index (χ0) is 16.8. The SMILES string of the molecule is COc1cc(Br)c(CCNC(=O)c2cnc(C)cn2)cc1OC. The fourth-order valence-electron chi connectivity index (χ4n) is 2.00. The van der Waals surface area contributed by atoms with E-state index < -0.39 is 0 Å². The lowest BCUT2D eigenvalue weighted by atomic mass is 10.1. The Morgan fingerprint density at radius 2 is 1.87 bits per heavy atom. The molecule has 1 aromatic carbocycles. The molecule has 0 saturated carbocycles. The first-order valence-electron chi connectivity index (χ1n) is 7.02. The van der Waals surface area contributed by atoms with Crippen molar-refractivity contribution in [3.8, 4) is 11.5 Å². The molecule has 23 heavy (non-hydrogen) atoms. The van der Waals surface area contributed by atoms with Gasteiger partial charge in [0, 0.05) is 17.2 Å². The summed E-state index contributed by atoms with van der Waals surface area (Å²) < 4.78 is 11.4. The number of halogens is 1. The standard InChI is InChI=1S/C16H18BrN3O3/c1-10-8-20-13(9-19-10)16(21)18-5-4-11-6-14(22-2)15(23-3)7-12(11)17/h6-9H,4-5H2,1-3H3,(H,18,21). The topological polar surface area (TPSA) is 73.3 Å². The first kappa shape index (κ1) is 17.2. The van der Waals surface area contributed by atoms with Crippen LogP contribution in [-0.4, -0.2) is 36.6 Å². The van der Waals surface area contributed by atoms with Gasteiger partial charge in [0.1, 0.15) is 5.69 Å². The first-order valence-corrected chi connectivity index (χ1v) is 7.81. The number of amides is 1. The maximum Gasteiger partial charge on any atom is 0.271 e. The Kier molecular flexibility index (Phi) is 5.92. The molecular weight excluding hydrogens is 362 g/mol. The molecule has 0 atom stereocenters. The van der Waals surface area contributed by atoms with E-state index in [1.165, 1.54) is 6.20 Å². The van der Waals surface area contributed by atoms with Crippen LogP contribution < -0.4 is 14.8 Å². The molecule has 0 aliphatic rings. The van der Waals surface area contributed by atoms with Crippen molar-refractivity contribution in [2.24, 2.45) is 0 Å². The quantitative estimate of drug-likeness (QED) is 0.834. The summed E-state index contributed by atoms with van der Waals surface area (Å²) in [5.74, 6) is 1.07. The summed E-state index contributed by atoms with van der Waals surface area (Å²) in [4.78, 5) is 20.1. The molecule has 0 fully saturated rings. The van der Waals surface area contributed by atoms with E-state index in [9.17, 15) is 4.79 Å². The van der Waals surface area contributed by atoms with Crippen molar-refractivity contribution in [2.45, 2.75) is 13.3 Å². The molecule has 1 N–H and O–H groups in total. The molecule has 2 aromatic rings. The molecule has 0 spiro atoms. The number of aromatic nitrogens is 2. The Balaban J connectivity index is 1.98. The molecule has 7 heteroatoms. The van der Waals surface area contributed by atoms with Crippen molar-refractivity contribution < 1.29 is 14.3 Å². The van der Waals surface area contributed by atoms with Gasteiger partial charge in [0.05, 0.1) is 26.1 Å². The number of nitrogens with one attached hydrogen (secondary N) is 1. The van der Waals surface area contributed by atoms with Crippen LogP contribution in [0.1, 0.15) is 21.7 Å². The highest BCUT2D eigenvalue weighted by Crippen LogP contribution is 2.33. The number of rotatable bonds is 6. The van der Waals surface area contributed by atoms with Crippen molar-refractivity contribution >= 4 is 21.8 Å². The van der Waals surface area contributed by atoms with E-state index in [-0.39, 0.29) is 5.91 Å². The second-order valence-corrected chi connectivity index (χ2v) is 5.70. The Morgan fingerprint density at radius 1 is 1.17 bits per heavy atom. The van der Waals surface area contributed by atoms with Gasteiger partial charge in [-0.25, -0.2) is 4.98 Å². The predicted molar refractivity (Wildman–Crippen MR) is 90.1 cm³/mol. The molecule has 122 valence electrons. The molecule has 6 nitrogen and oxygen atoms in total. The maximum absolute atomic E-state index is 12.0. The molecule has 0 aliphatic heterocycles. The van der Waals surface area contributed by atoms with Gasteiger partial charge >= 0.3 is 0 Å². The maximum atomic E-state index is 12.0. The zero-order valence-corrected chi connectivity index (χ0v) is 14.8. The van der Waals surface area contributed by atoms with Crippen molar-refractivity contribution in [3.63, 3.8) is 0 Å².